The summed E-state index contributed by atoms with van der Waals surface area (Å²) in [5, 5.41) is 0. The summed E-state index contributed by atoms with van der Waals surface area (Å²) < 4.78 is 31.4. The molecule has 0 saturated heterocycles. The third kappa shape index (κ3) is 15.7. The molecule has 160 valence electrons. The number of unbranched alkanes of at least 4 members (excludes halogenated alkanes) is 4. The Balaban J connectivity index is 4.47. The predicted octanol–water partition coefficient (Wildman–Crippen LogP) is 1.79. The molecular formula is C17H34NO8P. The molecule has 0 aliphatic heterocycles. The molecule has 10 heteroatoms. The SMILES string of the molecule is [CH2-]CCC(=O)OC[C@H](COP(=O)(O)OCC[NH3+])OC(=O)CCCCCCC. The molecule has 0 aromatic rings. The van der Waals surface area contributed by atoms with Crippen LogP contribution in [0.25, 0.3) is 0 Å². The number of quaternary nitrogens is 1. The van der Waals surface area contributed by atoms with Crippen molar-refractivity contribution in [1.82, 2.24) is 0 Å². The van der Waals surface area contributed by atoms with Gasteiger partial charge in [-0.2, -0.15) is 6.42 Å². The van der Waals surface area contributed by atoms with E-state index in [4.69, 9.17) is 14.0 Å². The quantitative estimate of drug-likeness (QED) is 0.160. The molecule has 27 heavy (non-hydrogen) atoms. The third-order valence-corrected chi connectivity index (χ3v) is 4.40. The summed E-state index contributed by atoms with van der Waals surface area (Å²) in [7, 11) is -4.28. The molecular weight excluding hydrogens is 377 g/mol. The highest BCUT2D eigenvalue weighted by Crippen LogP contribution is 2.42. The second-order valence-electron chi connectivity index (χ2n) is 6.01. The summed E-state index contributed by atoms with van der Waals surface area (Å²) in [6.45, 7) is 5.21. The monoisotopic (exact) mass is 411 g/mol. The van der Waals surface area contributed by atoms with E-state index < -0.39 is 32.5 Å². The van der Waals surface area contributed by atoms with E-state index in [1.165, 1.54) is 0 Å². The number of rotatable bonds is 17. The van der Waals surface area contributed by atoms with Gasteiger partial charge in [-0.05, 0) is 6.42 Å². The standard InChI is InChI=1S/C17H33NO8P/c1-3-5-6-7-8-10-17(20)26-15(13-23-16(19)9-4-2)14-25-27(21,22)24-12-11-18/h15H,2-14,18H2,1H3,(H,21,22)/q-1/p+1/t15-/m1/s1. The summed E-state index contributed by atoms with van der Waals surface area (Å²) in [5.41, 5.74) is 3.49. The number of phosphoric acid groups is 1. The number of phosphoric ester groups is 1. The fraction of sp³-hybridized carbons (Fsp3) is 0.824. The second kappa shape index (κ2) is 16.0. The van der Waals surface area contributed by atoms with Crippen LogP contribution in [0.3, 0.4) is 0 Å². The van der Waals surface area contributed by atoms with Crippen molar-refractivity contribution in [3.05, 3.63) is 6.92 Å². The molecule has 0 spiro atoms. The summed E-state index contributed by atoms with van der Waals surface area (Å²) in [4.78, 5) is 33.0. The van der Waals surface area contributed by atoms with E-state index in [9.17, 15) is 19.0 Å². The second-order valence-corrected chi connectivity index (χ2v) is 7.47. The average Bonchev–Trinajstić information content (AvgIpc) is 2.62. The van der Waals surface area contributed by atoms with Gasteiger partial charge in [0, 0.05) is 12.8 Å². The number of hydrogen-bond acceptors (Lipinski definition) is 7. The van der Waals surface area contributed by atoms with Crippen LogP contribution in [0.2, 0.25) is 0 Å². The lowest BCUT2D eigenvalue weighted by atomic mass is 10.1. The number of carbonyl (C=O) groups excluding carboxylic acids is 2. The molecule has 4 N–H and O–H groups in total. The minimum Gasteiger partial charge on any atom is -0.462 e. The van der Waals surface area contributed by atoms with Crippen molar-refractivity contribution in [3.63, 3.8) is 0 Å². The Morgan fingerprint density at radius 3 is 2.41 bits per heavy atom. The summed E-state index contributed by atoms with van der Waals surface area (Å²) in [5.74, 6) is -0.967. The Labute approximate surface area is 161 Å². The molecule has 0 radical (unpaired) electrons. The predicted molar refractivity (Wildman–Crippen MR) is 98.3 cm³/mol. The molecule has 0 aliphatic rings. The normalized spacial score (nSPS) is 14.4. The zero-order valence-corrected chi connectivity index (χ0v) is 17.1. The lowest BCUT2D eigenvalue weighted by molar-refractivity contribution is -0.371. The van der Waals surface area contributed by atoms with Gasteiger partial charge in [-0.15, -0.1) is 0 Å². The van der Waals surface area contributed by atoms with Crippen LogP contribution < -0.4 is 5.73 Å². The van der Waals surface area contributed by atoms with E-state index in [-0.39, 0.29) is 26.1 Å². The zero-order chi connectivity index (χ0) is 20.5. The first-order chi connectivity index (χ1) is 12.8. The van der Waals surface area contributed by atoms with Crippen molar-refractivity contribution in [2.75, 3.05) is 26.4 Å². The number of carbonyl (C=O) groups is 2. The molecule has 0 aromatic heterocycles. The molecule has 0 aliphatic carbocycles. The van der Waals surface area contributed by atoms with Crippen molar-refractivity contribution in [1.29, 1.82) is 0 Å². The molecule has 0 aromatic carbocycles. The van der Waals surface area contributed by atoms with Gasteiger partial charge in [0.15, 0.2) is 6.10 Å². The smallest absolute Gasteiger partial charge is 0.462 e. The highest BCUT2D eigenvalue weighted by Gasteiger charge is 2.25. The minimum atomic E-state index is -4.28. The van der Waals surface area contributed by atoms with Gasteiger partial charge in [0.2, 0.25) is 0 Å². The molecule has 0 saturated carbocycles. The molecule has 2 atom stereocenters. The number of ether oxygens (including phenoxy) is 2. The van der Waals surface area contributed by atoms with E-state index in [1.807, 2.05) is 0 Å². The largest absolute Gasteiger partial charge is 0.472 e. The number of esters is 2. The van der Waals surface area contributed by atoms with Gasteiger partial charge in [0.25, 0.3) is 0 Å². The van der Waals surface area contributed by atoms with Crippen LogP contribution in [-0.2, 0) is 32.7 Å². The van der Waals surface area contributed by atoms with Crippen LogP contribution in [0.1, 0.15) is 58.3 Å². The van der Waals surface area contributed by atoms with Crippen LogP contribution in [0.5, 0.6) is 0 Å². The van der Waals surface area contributed by atoms with Crippen LogP contribution in [0.4, 0.5) is 0 Å². The lowest BCUT2D eigenvalue weighted by Crippen LogP contribution is -2.52. The van der Waals surface area contributed by atoms with Crippen LogP contribution >= 0.6 is 7.82 Å². The molecule has 9 nitrogen and oxygen atoms in total. The molecule has 0 rings (SSSR count). The Morgan fingerprint density at radius 2 is 1.78 bits per heavy atom. The van der Waals surface area contributed by atoms with E-state index in [0.29, 0.717) is 19.4 Å². The van der Waals surface area contributed by atoms with E-state index >= 15 is 0 Å². The van der Waals surface area contributed by atoms with Crippen LogP contribution in [0.15, 0.2) is 0 Å². The van der Waals surface area contributed by atoms with E-state index in [0.717, 1.165) is 25.7 Å². The van der Waals surface area contributed by atoms with Gasteiger partial charge in [-0.25, -0.2) is 4.57 Å². The Morgan fingerprint density at radius 1 is 1.07 bits per heavy atom. The van der Waals surface area contributed by atoms with Crippen molar-refractivity contribution in [3.8, 4) is 0 Å². The zero-order valence-electron chi connectivity index (χ0n) is 16.2. The van der Waals surface area contributed by atoms with Gasteiger partial charge in [0.05, 0.1) is 13.2 Å². The van der Waals surface area contributed by atoms with Crippen LogP contribution in [-0.4, -0.2) is 49.3 Å². The van der Waals surface area contributed by atoms with Crippen molar-refractivity contribution >= 4 is 19.8 Å². The molecule has 0 amide bonds. The topological polar surface area (TPSA) is 136 Å². The van der Waals surface area contributed by atoms with Gasteiger partial charge in [0.1, 0.15) is 13.2 Å². The highest BCUT2D eigenvalue weighted by molar-refractivity contribution is 7.47. The molecule has 0 heterocycles. The molecule has 0 fully saturated rings. The Hall–Kier alpha value is -0.990. The average molecular weight is 411 g/mol. The van der Waals surface area contributed by atoms with E-state index in [2.05, 4.69) is 24.1 Å². The fourth-order valence-electron chi connectivity index (χ4n) is 2.03. The van der Waals surface area contributed by atoms with Crippen molar-refractivity contribution in [2.45, 2.75) is 64.4 Å². The Bertz CT molecular complexity index is 460. The van der Waals surface area contributed by atoms with Crippen molar-refractivity contribution < 1.29 is 43.3 Å². The minimum absolute atomic E-state index is 0.0471. The fourth-order valence-corrected chi connectivity index (χ4v) is 2.82. The van der Waals surface area contributed by atoms with Gasteiger partial charge in [-0.1, -0.05) is 32.6 Å². The summed E-state index contributed by atoms with van der Waals surface area (Å²) in [6, 6.07) is 0. The molecule has 0 bridgehead atoms. The Kier molecular flexibility index (Phi) is 15.4. The maximum atomic E-state index is 12.0. The molecule has 1 unspecified atom stereocenters. The number of hydrogen-bond donors (Lipinski definition) is 2. The van der Waals surface area contributed by atoms with Gasteiger partial charge < -0.3 is 27.0 Å². The summed E-state index contributed by atoms with van der Waals surface area (Å²) in [6.07, 6.45) is 4.63. The van der Waals surface area contributed by atoms with Gasteiger partial charge in [-0.3, -0.25) is 18.6 Å². The first-order valence-electron chi connectivity index (χ1n) is 9.40. The lowest BCUT2D eigenvalue weighted by Gasteiger charge is -2.19. The first-order valence-corrected chi connectivity index (χ1v) is 10.9. The highest BCUT2D eigenvalue weighted by atomic mass is 31.2. The first kappa shape index (κ1) is 26.0. The maximum Gasteiger partial charge on any atom is 0.472 e. The van der Waals surface area contributed by atoms with Crippen LogP contribution in [0, 0.1) is 6.92 Å². The van der Waals surface area contributed by atoms with Gasteiger partial charge >= 0.3 is 19.8 Å². The maximum absolute atomic E-state index is 12.0. The van der Waals surface area contributed by atoms with E-state index in [1.54, 1.807) is 0 Å². The third-order valence-electron chi connectivity index (χ3n) is 3.42. The summed E-state index contributed by atoms with van der Waals surface area (Å²) >= 11 is 0. The van der Waals surface area contributed by atoms with Crippen molar-refractivity contribution in [2.24, 2.45) is 0 Å².